The zero-order valence-electron chi connectivity index (χ0n) is 18.6. The molecule has 1 aromatic rings. The molecule has 0 spiro atoms. The van der Waals surface area contributed by atoms with Crippen molar-refractivity contribution in [3.63, 3.8) is 0 Å². The van der Waals surface area contributed by atoms with Gasteiger partial charge in [0.05, 0.1) is 5.56 Å². The van der Waals surface area contributed by atoms with Gasteiger partial charge in [-0.15, -0.1) is 0 Å². The first kappa shape index (κ1) is 26.9. The molecule has 0 radical (unpaired) electrons. The second-order valence-electron chi connectivity index (χ2n) is 7.21. The molecule has 13 heteroatoms. The Morgan fingerprint density at radius 3 is 1.76 bits per heavy atom. The molecule has 0 aliphatic carbocycles. The highest BCUT2D eigenvalue weighted by Gasteiger charge is 2.53. The Morgan fingerprint density at radius 2 is 1.29 bits per heavy atom. The standard InChI is InChI=1S/C21H23F3O10/c1-10(25)29-9-16-17(30-11(2)26)18(31-12(3)27)19(32-13(4)28)20(34-16)33-15-7-5-14(6-8-15)21(22,23)24/h5-8,16-20H,9H2,1-4H3/t16-,17+,18+,19-,20-/m1/s1. The van der Waals surface area contributed by atoms with Crippen LogP contribution in [0.25, 0.3) is 0 Å². The van der Waals surface area contributed by atoms with E-state index < -0.39 is 72.9 Å². The van der Waals surface area contributed by atoms with Crippen molar-refractivity contribution in [2.24, 2.45) is 0 Å². The van der Waals surface area contributed by atoms with Crippen molar-refractivity contribution in [3.8, 4) is 5.75 Å². The summed E-state index contributed by atoms with van der Waals surface area (Å²) in [4.78, 5) is 46.5. The van der Waals surface area contributed by atoms with Crippen LogP contribution in [-0.4, -0.2) is 61.2 Å². The van der Waals surface area contributed by atoms with Gasteiger partial charge < -0.3 is 28.4 Å². The predicted molar refractivity (Wildman–Crippen MR) is 104 cm³/mol. The number of esters is 4. The van der Waals surface area contributed by atoms with E-state index in [1.165, 1.54) is 0 Å². The molecule has 0 N–H and O–H groups in total. The van der Waals surface area contributed by atoms with Crippen LogP contribution in [0, 0.1) is 0 Å². The fourth-order valence-corrected chi connectivity index (χ4v) is 3.14. The van der Waals surface area contributed by atoms with Crippen LogP contribution in [0.15, 0.2) is 24.3 Å². The minimum Gasteiger partial charge on any atom is -0.463 e. The van der Waals surface area contributed by atoms with Gasteiger partial charge in [0.15, 0.2) is 12.2 Å². The lowest BCUT2D eigenvalue weighted by Gasteiger charge is -2.43. The summed E-state index contributed by atoms with van der Waals surface area (Å²) in [5, 5.41) is 0. The predicted octanol–water partition coefficient (Wildman–Crippen LogP) is 2.17. The summed E-state index contributed by atoms with van der Waals surface area (Å²) >= 11 is 0. The van der Waals surface area contributed by atoms with Gasteiger partial charge in [-0.25, -0.2) is 0 Å². The summed E-state index contributed by atoms with van der Waals surface area (Å²) in [6.07, 6.45) is -11.7. The molecule has 34 heavy (non-hydrogen) atoms. The first-order chi connectivity index (χ1) is 15.8. The van der Waals surface area contributed by atoms with Crippen LogP contribution in [0.2, 0.25) is 0 Å². The maximum atomic E-state index is 12.9. The second-order valence-corrected chi connectivity index (χ2v) is 7.21. The molecule has 0 aromatic heterocycles. The zero-order valence-corrected chi connectivity index (χ0v) is 18.6. The number of halogens is 3. The average molecular weight is 492 g/mol. The van der Waals surface area contributed by atoms with Crippen molar-refractivity contribution in [2.75, 3.05) is 6.61 Å². The van der Waals surface area contributed by atoms with Gasteiger partial charge >= 0.3 is 30.1 Å². The fourth-order valence-electron chi connectivity index (χ4n) is 3.14. The largest absolute Gasteiger partial charge is 0.463 e. The van der Waals surface area contributed by atoms with Gasteiger partial charge in [-0.3, -0.25) is 19.2 Å². The SMILES string of the molecule is CC(=O)OC[C@H]1O[C@@H](Oc2ccc(C(F)(F)F)cc2)[C@H](OC(C)=O)[C@@H](OC(C)=O)[C@H]1OC(C)=O. The first-order valence-corrected chi connectivity index (χ1v) is 9.92. The minimum atomic E-state index is -4.58. The van der Waals surface area contributed by atoms with Crippen molar-refractivity contribution in [1.29, 1.82) is 0 Å². The summed E-state index contributed by atoms with van der Waals surface area (Å²) in [6, 6.07) is 3.55. The van der Waals surface area contributed by atoms with E-state index in [2.05, 4.69) is 0 Å². The van der Waals surface area contributed by atoms with Crippen molar-refractivity contribution in [3.05, 3.63) is 29.8 Å². The number of alkyl halides is 3. The van der Waals surface area contributed by atoms with E-state index in [1.807, 2.05) is 0 Å². The Balaban J connectivity index is 2.43. The molecule has 0 saturated carbocycles. The van der Waals surface area contributed by atoms with Crippen molar-refractivity contribution >= 4 is 23.9 Å². The second kappa shape index (κ2) is 11.2. The van der Waals surface area contributed by atoms with Gasteiger partial charge in [-0.1, -0.05) is 0 Å². The number of carbonyl (C=O) groups is 4. The van der Waals surface area contributed by atoms with Crippen LogP contribution in [0.4, 0.5) is 13.2 Å². The topological polar surface area (TPSA) is 124 Å². The van der Waals surface area contributed by atoms with Gasteiger partial charge in [0, 0.05) is 27.7 Å². The molecule has 1 fully saturated rings. The molecule has 0 unspecified atom stereocenters. The molecule has 0 bridgehead atoms. The van der Waals surface area contributed by atoms with Gasteiger partial charge in [0.1, 0.15) is 18.5 Å². The average Bonchev–Trinajstić information content (AvgIpc) is 2.69. The number of rotatable bonds is 7. The van der Waals surface area contributed by atoms with E-state index in [9.17, 15) is 32.3 Å². The Bertz CT molecular complexity index is 899. The van der Waals surface area contributed by atoms with Crippen molar-refractivity contribution < 1.29 is 60.8 Å². The molecule has 5 atom stereocenters. The normalized spacial score (nSPS) is 24.5. The lowest BCUT2D eigenvalue weighted by molar-refractivity contribution is -0.288. The smallest absolute Gasteiger partial charge is 0.416 e. The van der Waals surface area contributed by atoms with E-state index in [4.69, 9.17) is 28.4 Å². The van der Waals surface area contributed by atoms with E-state index in [1.54, 1.807) is 0 Å². The Morgan fingerprint density at radius 1 is 0.794 bits per heavy atom. The number of hydrogen-bond acceptors (Lipinski definition) is 10. The Hall–Kier alpha value is -3.35. The van der Waals surface area contributed by atoms with Crippen molar-refractivity contribution in [2.45, 2.75) is 64.6 Å². The molecule has 188 valence electrons. The van der Waals surface area contributed by atoms with E-state index >= 15 is 0 Å². The number of carbonyl (C=O) groups excluding carboxylic acids is 4. The highest BCUT2D eigenvalue weighted by molar-refractivity contribution is 5.68. The number of ether oxygens (including phenoxy) is 6. The molecule has 1 saturated heterocycles. The maximum absolute atomic E-state index is 12.9. The molecule has 10 nitrogen and oxygen atoms in total. The monoisotopic (exact) mass is 492 g/mol. The molecule has 1 aliphatic rings. The van der Waals surface area contributed by atoms with Gasteiger partial charge in [0.2, 0.25) is 12.4 Å². The first-order valence-electron chi connectivity index (χ1n) is 9.92. The number of benzene rings is 1. The summed E-state index contributed by atoms with van der Waals surface area (Å²) in [5.41, 5.74) is -0.929. The fraction of sp³-hybridized carbons (Fsp3) is 0.524. The van der Waals surface area contributed by atoms with Crippen LogP contribution in [-0.2, 0) is 49.0 Å². The third kappa shape index (κ3) is 7.61. The number of hydrogen-bond donors (Lipinski definition) is 0. The third-order valence-corrected chi connectivity index (χ3v) is 4.38. The maximum Gasteiger partial charge on any atom is 0.416 e. The molecular formula is C21H23F3O10. The Labute approximate surface area is 192 Å². The Kier molecular flexibility index (Phi) is 8.85. The highest BCUT2D eigenvalue weighted by atomic mass is 19.4. The van der Waals surface area contributed by atoms with E-state index in [0.717, 1.165) is 52.0 Å². The van der Waals surface area contributed by atoms with Gasteiger partial charge in [-0.05, 0) is 24.3 Å². The summed E-state index contributed by atoms with van der Waals surface area (Å²) < 4.78 is 70.5. The van der Waals surface area contributed by atoms with Crippen LogP contribution in [0.3, 0.4) is 0 Å². The lowest BCUT2D eigenvalue weighted by Crippen LogP contribution is -2.63. The lowest BCUT2D eigenvalue weighted by atomic mass is 9.98. The summed E-state index contributed by atoms with van der Waals surface area (Å²) in [7, 11) is 0. The molecule has 2 rings (SSSR count). The highest BCUT2D eigenvalue weighted by Crippen LogP contribution is 2.33. The molecule has 0 amide bonds. The van der Waals surface area contributed by atoms with Crippen LogP contribution < -0.4 is 4.74 Å². The van der Waals surface area contributed by atoms with Gasteiger partial charge in [-0.2, -0.15) is 13.2 Å². The van der Waals surface area contributed by atoms with Gasteiger partial charge in [0.25, 0.3) is 0 Å². The van der Waals surface area contributed by atoms with Crippen molar-refractivity contribution in [1.82, 2.24) is 0 Å². The minimum absolute atomic E-state index is 0.103. The van der Waals surface area contributed by atoms with E-state index in [0.29, 0.717) is 0 Å². The third-order valence-electron chi connectivity index (χ3n) is 4.38. The quantitative estimate of drug-likeness (QED) is 0.413. The molecule has 1 heterocycles. The zero-order chi connectivity index (χ0) is 25.6. The molecule has 1 aliphatic heterocycles. The molecular weight excluding hydrogens is 469 g/mol. The van der Waals surface area contributed by atoms with Crippen LogP contribution in [0.1, 0.15) is 33.3 Å². The van der Waals surface area contributed by atoms with Crippen LogP contribution >= 0.6 is 0 Å². The summed E-state index contributed by atoms with van der Waals surface area (Å²) in [6.45, 7) is 3.82. The summed E-state index contributed by atoms with van der Waals surface area (Å²) in [5.74, 6) is -3.28. The molecule has 1 aromatic carbocycles. The van der Waals surface area contributed by atoms with Crippen LogP contribution in [0.5, 0.6) is 5.75 Å². The van der Waals surface area contributed by atoms with E-state index in [-0.39, 0.29) is 5.75 Å².